The Balaban J connectivity index is 1.48. The Morgan fingerprint density at radius 1 is 0.943 bits per heavy atom. The molecule has 0 saturated heterocycles. The molecule has 0 saturated carbocycles. The Labute approximate surface area is 224 Å². The van der Waals surface area contributed by atoms with Gasteiger partial charge in [-0.25, -0.2) is 4.79 Å². The number of carbonyl (C=O) groups is 2. The predicted molar refractivity (Wildman–Crippen MR) is 144 cm³/mol. The normalized spacial score (nSPS) is 11.5. The Kier molecular flexibility index (Phi) is 8.35. The number of amides is 3. The predicted octanol–water partition coefficient (Wildman–Crippen LogP) is 6.65. The summed E-state index contributed by atoms with van der Waals surface area (Å²) in [6.45, 7) is 0. The van der Waals surface area contributed by atoms with E-state index in [4.69, 9.17) is 23.2 Å². The zero-order chi connectivity index (χ0) is 24.8. The highest BCUT2D eigenvalue weighted by atomic mass is 79.9. The van der Waals surface area contributed by atoms with Gasteiger partial charge >= 0.3 is 6.03 Å². The minimum atomic E-state index is -0.886. The summed E-state index contributed by atoms with van der Waals surface area (Å²) in [6, 6.07) is 20.2. The molecule has 4 rings (SSSR count). The number of nitrogens with zero attached hydrogens (tertiary/aromatic N) is 2. The van der Waals surface area contributed by atoms with Crippen LogP contribution < -0.4 is 16.0 Å². The van der Waals surface area contributed by atoms with E-state index < -0.39 is 18.0 Å². The fourth-order valence-corrected chi connectivity index (χ4v) is 4.61. The molecule has 0 bridgehead atoms. The molecule has 3 amide bonds. The summed E-state index contributed by atoms with van der Waals surface area (Å²) in [4.78, 5) is 25.8. The Morgan fingerprint density at radius 3 is 2.40 bits per heavy atom. The lowest BCUT2D eigenvalue weighted by Crippen LogP contribution is -2.47. The molecule has 11 heteroatoms. The highest BCUT2D eigenvalue weighted by Crippen LogP contribution is 2.28. The number of urea groups is 1. The van der Waals surface area contributed by atoms with E-state index in [2.05, 4.69) is 42.1 Å². The molecule has 0 spiro atoms. The largest absolute Gasteiger partial charge is 0.326 e. The Morgan fingerprint density at radius 2 is 1.69 bits per heavy atom. The lowest BCUT2D eigenvalue weighted by Gasteiger charge is -2.18. The summed E-state index contributed by atoms with van der Waals surface area (Å²) < 4.78 is 0.951. The van der Waals surface area contributed by atoms with Gasteiger partial charge in [-0.15, -0.1) is 10.2 Å². The van der Waals surface area contributed by atoms with Crippen molar-refractivity contribution in [1.82, 2.24) is 15.5 Å². The second kappa shape index (κ2) is 11.6. The topological polar surface area (TPSA) is 96.0 Å². The first kappa shape index (κ1) is 25.1. The van der Waals surface area contributed by atoms with Crippen molar-refractivity contribution in [3.8, 4) is 10.6 Å². The van der Waals surface area contributed by atoms with Crippen LogP contribution in [-0.4, -0.2) is 28.2 Å². The van der Waals surface area contributed by atoms with Crippen LogP contribution in [0.25, 0.3) is 10.6 Å². The summed E-state index contributed by atoms with van der Waals surface area (Å²) in [5.41, 5.74) is 2.13. The van der Waals surface area contributed by atoms with Crippen LogP contribution in [0.5, 0.6) is 0 Å². The molecule has 0 fully saturated rings. The summed E-state index contributed by atoms with van der Waals surface area (Å²) >= 11 is 16.7. The average molecular weight is 591 g/mol. The number of anilines is 2. The van der Waals surface area contributed by atoms with Crippen LogP contribution in [-0.2, 0) is 11.2 Å². The van der Waals surface area contributed by atoms with Crippen molar-refractivity contribution in [2.45, 2.75) is 12.5 Å². The molecule has 7 nitrogen and oxygen atoms in total. The lowest BCUT2D eigenvalue weighted by molar-refractivity contribution is -0.117. The highest BCUT2D eigenvalue weighted by Gasteiger charge is 2.23. The van der Waals surface area contributed by atoms with Crippen LogP contribution in [0.15, 0.2) is 77.3 Å². The summed E-state index contributed by atoms with van der Waals surface area (Å²) in [5.74, 6) is -0.426. The van der Waals surface area contributed by atoms with Crippen molar-refractivity contribution in [2.75, 3.05) is 10.6 Å². The van der Waals surface area contributed by atoms with Crippen LogP contribution in [0.1, 0.15) is 5.56 Å². The number of aromatic nitrogens is 2. The molecule has 0 aliphatic rings. The third-order valence-corrected chi connectivity index (χ3v) is 6.79. The van der Waals surface area contributed by atoms with Crippen molar-refractivity contribution in [2.24, 2.45) is 0 Å². The van der Waals surface area contributed by atoms with Crippen LogP contribution in [0.4, 0.5) is 15.6 Å². The van der Waals surface area contributed by atoms with Crippen LogP contribution in [0.3, 0.4) is 0 Å². The van der Waals surface area contributed by atoms with E-state index in [1.807, 2.05) is 54.6 Å². The Bertz CT molecular complexity index is 1340. The molecule has 0 aliphatic carbocycles. The summed E-state index contributed by atoms with van der Waals surface area (Å²) in [5, 5.41) is 18.1. The molecule has 3 N–H and O–H groups in total. The van der Waals surface area contributed by atoms with Gasteiger partial charge in [0, 0.05) is 21.5 Å². The van der Waals surface area contributed by atoms with Crippen LogP contribution in [0.2, 0.25) is 10.0 Å². The minimum Gasteiger partial charge on any atom is -0.326 e. The second-order valence-electron chi connectivity index (χ2n) is 7.37. The standard InChI is InChI=1S/C24H18BrCl2N5O2S/c25-16-8-6-15(7-9-16)22-31-32-24(35-22)30-21(33)20(12-14-4-2-1-3-5-14)29-23(34)28-19-11-10-17(26)13-18(19)27/h1-11,13,20H,12H2,(H2,28,29,34)(H,30,32,33). The quantitative estimate of drug-likeness (QED) is 0.225. The van der Waals surface area contributed by atoms with Crippen molar-refractivity contribution in [3.05, 3.63) is 92.9 Å². The third-order valence-electron chi connectivity index (χ3n) is 4.83. The molecular formula is C24H18BrCl2N5O2S. The van der Waals surface area contributed by atoms with E-state index in [0.717, 1.165) is 15.6 Å². The summed E-state index contributed by atoms with van der Waals surface area (Å²) in [7, 11) is 0. The number of hydrogen-bond acceptors (Lipinski definition) is 5. The fraction of sp³-hybridized carbons (Fsp3) is 0.0833. The van der Waals surface area contributed by atoms with Crippen LogP contribution in [0, 0.1) is 0 Å². The van der Waals surface area contributed by atoms with Gasteiger partial charge in [0.1, 0.15) is 11.0 Å². The van der Waals surface area contributed by atoms with Gasteiger partial charge in [-0.3, -0.25) is 10.1 Å². The van der Waals surface area contributed by atoms with Gasteiger partial charge in [0.2, 0.25) is 11.0 Å². The van der Waals surface area contributed by atoms with Crippen molar-refractivity contribution >= 4 is 73.2 Å². The lowest BCUT2D eigenvalue weighted by atomic mass is 10.1. The second-order valence-corrected chi connectivity index (χ2v) is 10.1. The molecule has 0 aliphatic heterocycles. The smallest absolute Gasteiger partial charge is 0.319 e. The molecular weight excluding hydrogens is 573 g/mol. The van der Waals surface area contributed by atoms with E-state index >= 15 is 0 Å². The number of rotatable bonds is 7. The highest BCUT2D eigenvalue weighted by molar-refractivity contribution is 9.10. The molecule has 1 unspecified atom stereocenters. The molecule has 0 radical (unpaired) electrons. The van der Waals surface area contributed by atoms with Gasteiger partial charge in [-0.1, -0.05) is 92.9 Å². The van der Waals surface area contributed by atoms with Crippen molar-refractivity contribution in [3.63, 3.8) is 0 Å². The number of benzene rings is 3. The Hall–Kier alpha value is -2.98. The molecule has 4 aromatic rings. The van der Waals surface area contributed by atoms with E-state index in [0.29, 0.717) is 20.8 Å². The first-order valence-electron chi connectivity index (χ1n) is 10.3. The van der Waals surface area contributed by atoms with E-state index in [-0.39, 0.29) is 11.4 Å². The molecule has 178 valence electrons. The monoisotopic (exact) mass is 589 g/mol. The minimum absolute atomic E-state index is 0.271. The number of halogens is 3. The molecule has 35 heavy (non-hydrogen) atoms. The van der Waals surface area contributed by atoms with Gasteiger partial charge in [0.05, 0.1) is 10.7 Å². The number of nitrogens with one attached hydrogen (secondary N) is 3. The van der Waals surface area contributed by atoms with Crippen LogP contribution >= 0.6 is 50.5 Å². The van der Waals surface area contributed by atoms with E-state index in [9.17, 15) is 9.59 Å². The maximum atomic E-state index is 13.1. The third kappa shape index (κ3) is 7.02. The van der Waals surface area contributed by atoms with Gasteiger partial charge in [0.25, 0.3) is 0 Å². The maximum Gasteiger partial charge on any atom is 0.319 e. The maximum absolute atomic E-state index is 13.1. The zero-order valence-corrected chi connectivity index (χ0v) is 21.9. The SMILES string of the molecule is O=C(Nc1ccc(Cl)cc1Cl)NC(Cc1ccccc1)C(=O)Nc1nnc(-c2ccc(Br)cc2)s1. The van der Waals surface area contributed by atoms with Gasteiger partial charge < -0.3 is 10.6 Å². The average Bonchev–Trinajstić information content (AvgIpc) is 3.30. The zero-order valence-electron chi connectivity index (χ0n) is 18.0. The van der Waals surface area contributed by atoms with E-state index in [1.165, 1.54) is 17.4 Å². The van der Waals surface area contributed by atoms with Crippen molar-refractivity contribution < 1.29 is 9.59 Å². The number of carbonyl (C=O) groups excluding carboxylic acids is 2. The summed E-state index contributed by atoms with van der Waals surface area (Å²) in [6.07, 6.45) is 0.271. The molecule has 1 atom stereocenters. The number of hydrogen-bond donors (Lipinski definition) is 3. The van der Waals surface area contributed by atoms with Gasteiger partial charge in [-0.2, -0.15) is 0 Å². The molecule has 1 aromatic heterocycles. The first-order valence-corrected chi connectivity index (χ1v) is 12.7. The van der Waals surface area contributed by atoms with Gasteiger partial charge in [-0.05, 0) is 35.9 Å². The van der Waals surface area contributed by atoms with Gasteiger partial charge in [0.15, 0.2) is 0 Å². The molecule has 1 heterocycles. The molecule has 3 aromatic carbocycles. The fourth-order valence-electron chi connectivity index (χ4n) is 3.14. The van der Waals surface area contributed by atoms with E-state index in [1.54, 1.807) is 12.1 Å². The first-order chi connectivity index (χ1) is 16.9. The van der Waals surface area contributed by atoms with Crippen molar-refractivity contribution in [1.29, 1.82) is 0 Å².